The van der Waals surface area contributed by atoms with Crippen LogP contribution in [0.15, 0.2) is 16.6 Å². The molecule has 1 atom stereocenters. The van der Waals surface area contributed by atoms with Crippen molar-refractivity contribution >= 4 is 21.6 Å². The Labute approximate surface area is 124 Å². The molecule has 1 aromatic carbocycles. The van der Waals surface area contributed by atoms with Crippen LogP contribution >= 0.6 is 15.9 Å². The van der Waals surface area contributed by atoms with Gasteiger partial charge in [0.2, 0.25) is 5.75 Å². The monoisotopic (exact) mass is 349 g/mol. The fourth-order valence-corrected chi connectivity index (χ4v) is 2.04. The van der Waals surface area contributed by atoms with Gasteiger partial charge < -0.3 is 19.7 Å². The summed E-state index contributed by atoms with van der Waals surface area (Å²) in [4.78, 5) is 10.5. The molecule has 0 radical (unpaired) electrons. The molecule has 0 amide bonds. The Kier molecular flexibility index (Phi) is 6.86. The molecule has 0 aliphatic rings. The molecule has 7 nitrogen and oxygen atoms in total. The van der Waals surface area contributed by atoms with E-state index in [0.717, 1.165) is 0 Å². The largest absolute Gasteiger partial charge is 0.484 e. The van der Waals surface area contributed by atoms with E-state index < -0.39 is 11.0 Å². The van der Waals surface area contributed by atoms with Gasteiger partial charge in [0.15, 0.2) is 0 Å². The van der Waals surface area contributed by atoms with Crippen molar-refractivity contribution in [2.75, 3.05) is 26.4 Å². The Morgan fingerprint density at radius 3 is 2.65 bits per heavy atom. The number of aliphatic hydroxyl groups excluding tert-OH is 2. The summed E-state index contributed by atoms with van der Waals surface area (Å²) in [6.07, 6.45) is -0.903. The number of benzene rings is 1. The molecule has 1 rings (SSSR count). The van der Waals surface area contributed by atoms with Gasteiger partial charge in [-0.05, 0) is 13.0 Å². The number of nitro groups is 1. The van der Waals surface area contributed by atoms with Crippen LogP contribution in [0.4, 0.5) is 5.69 Å². The highest BCUT2D eigenvalue weighted by atomic mass is 79.9. The molecule has 0 aromatic heterocycles. The lowest BCUT2D eigenvalue weighted by Gasteiger charge is -2.14. The number of nitro benzene ring substituents is 1. The average molecular weight is 350 g/mol. The van der Waals surface area contributed by atoms with E-state index >= 15 is 0 Å². The smallest absolute Gasteiger partial charge is 0.312 e. The van der Waals surface area contributed by atoms with Crippen molar-refractivity contribution in [3.63, 3.8) is 0 Å². The van der Waals surface area contributed by atoms with Crippen LogP contribution in [0.25, 0.3) is 0 Å². The second-order valence-corrected chi connectivity index (χ2v) is 4.88. The van der Waals surface area contributed by atoms with Crippen molar-refractivity contribution in [3.05, 3.63) is 32.3 Å². The van der Waals surface area contributed by atoms with Gasteiger partial charge in [0.05, 0.1) is 30.8 Å². The first-order chi connectivity index (χ1) is 9.47. The van der Waals surface area contributed by atoms with Crippen molar-refractivity contribution in [2.24, 2.45) is 0 Å². The molecule has 0 heterocycles. The number of rotatable bonds is 8. The van der Waals surface area contributed by atoms with E-state index in [0.29, 0.717) is 10.0 Å². The van der Waals surface area contributed by atoms with E-state index in [-0.39, 0.29) is 37.9 Å². The van der Waals surface area contributed by atoms with Crippen LogP contribution in [-0.2, 0) is 4.74 Å². The van der Waals surface area contributed by atoms with Crippen molar-refractivity contribution in [3.8, 4) is 5.75 Å². The van der Waals surface area contributed by atoms with Crippen LogP contribution in [0, 0.1) is 10.1 Å². The second kappa shape index (κ2) is 8.15. The maximum Gasteiger partial charge on any atom is 0.312 e. The number of hydrogen-bond donors (Lipinski definition) is 2. The third kappa shape index (κ3) is 4.71. The van der Waals surface area contributed by atoms with Crippen molar-refractivity contribution in [1.29, 1.82) is 0 Å². The zero-order chi connectivity index (χ0) is 15.1. The molecule has 0 aliphatic carbocycles. The summed E-state index contributed by atoms with van der Waals surface area (Å²) in [5, 5.41) is 29.3. The molecule has 0 unspecified atom stereocenters. The summed E-state index contributed by atoms with van der Waals surface area (Å²) in [5.41, 5.74) is 0.102. The lowest BCUT2D eigenvalue weighted by molar-refractivity contribution is -0.386. The predicted molar refractivity (Wildman–Crippen MR) is 74.8 cm³/mol. The van der Waals surface area contributed by atoms with E-state index in [1.165, 1.54) is 13.0 Å². The van der Waals surface area contributed by atoms with Gasteiger partial charge in [-0.3, -0.25) is 10.1 Å². The zero-order valence-corrected chi connectivity index (χ0v) is 12.5. The molecule has 0 fully saturated rings. The zero-order valence-electron chi connectivity index (χ0n) is 10.9. The van der Waals surface area contributed by atoms with Crippen molar-refractivity contribution < 1.29 is 24.6 Å². The van der Waals surface area contributed by atoms with Crippen LogP contribution in [0.3, 0.4) is 0 Å². The molecule has 8 heteroatoms. The Morgan fingerprint density at radius 1 is 1.40 bits per heavy atom. The van der Waals surface area contributed by atoms with Gasteiger partial charge in [-0.2, -0.15) is 0 Å². The normalized spacial score (nSPS) is 12.2. The molecule has 0 saturated carbocycles. The quantitative estimate of drug-likeness (QED) is 0.421. The summed E-state index contributed by atoms with van der Waals surface area (Å²) >= 11 is 3.16. The van der Waals surface area contributed by atoms with Crippen LogP contribution in [0.1, 0.15) is 18.6 Å². The minimum atomic E-state index is -0.903. The fourth-order valence-electron chi connectivity index (χ4n) is 1.57. The summed E-state index contributed by atoms with van der Waals surface area (Å²) in [6, 6.07) is 2.89. The highest BCUT2D eigenvalue weighted by Crippen LogP contribution is 2.37. The van der Waals surface area contributed by atoms with Crippen LogP contribution in [0.5, 0.6) is 5.75 Å². The minimum absolute atomic E-state index is 0.0285. The van der Waals surface area contributed by atoms with Crippen LogP contribution < -0.4 is 4.74 Å². The second-order valence-electron chi connectivity index (χ2n) is 3.96. The van der Waals surface area contributed by atoms with E-state index in [1.54, 1.807) is 6.07 Å². The van der Waals surface area contributed by atoms with Gasteiger partial charge in [-0.15, -0.1) is 0 Å². The minimum Gasteiger partial charge on any atom is -0.484 e. The van der Waals surface area contributed by atoms with Gasteiger partial charge in [0.25, 0.3) is 0 Å². The number of hydrogen-bond acceptors (Lipinski definition) is 6. The summed E-state index contributed by atoms with van der Waals surface area (Å²) in [6.45, 7) is 1.85. The number of nitrogens with zero attached hydrogens (tertiary/aromatic N) is 1. The molecule has 0 saturated heterocycles. The van der Waals surface area contributed by atoms with E-state index in [2.05, 4.69) is 15.9 Å². The Hall–Kier alpha value is -1.22. The highest BCUT2D eigenvalue weighted by Gasteiger charge is 2.23. The first kappa shape index (κ1) is 16.8. The Morgan fingerprint density at radius 2 is 2.10 bits per heavy atom. The van der Waals surface area contributed by atoms with Gasteiger partial charge >= 0.3 is 5.69 Å². The maximum absolute atomic E-state index is 11.0. The lowest BCUT2D eigenvalue weighted by Crippen LogP contribution is -2.11. The molecule has 0 bridgehead atoms. The molecular weight excluding hydrogens is 334 g/mol. The van der Waals surface area contributed by atoms with E-state index in [9.17, 15) is 15.2 Å². The SMILES string of the molecule is C[C@H](O)c1cc(Br)cc([N+](=O)[O-])c1OCCOCCO. The summed E-state index contributed by atoms with van der Waals surface area (Å²) in [7, 11) is 0. The van der Waals surface area contributed by atoms with Gasteiger partial charge in [-0.1, -0.05) is 15.9 Å². The molecule has 0 aliphatic heterocycles. The van der Waals surface area contributed by atoms with E-state index in [4.69, 9.17) is 14.6 Å². The maximum atomic E-state index is 11.0. The van der Waals surface area contributed by atoms with Crippen LogP contribution in [0.2, 0.25) is 0 Å². The number of halogens is 1. The third-order valence-corrected chi connectivity index (χ3v) is 2.88. The summed E-state index contributed by atoms with van der Waals surface area (Å²) in [5.74, 6) is 0.0285. The van der Waals surface area contributed by atoms with Gasteiger partial charge in [0, 0.05) is 16.1 Å². The van der Waals surface area contributed by atoms with Gasteiger partial charge in [0.1, 0.15) is 6.61 Å². The molecule has 1 aromatic rings. The fraction of sp³-hybridized carbons (Fsp3) is 0.500. The van der Waals surface area contributed by atoms with Crippen LogP contribution in [-0.4, -0.2) is 41.6 Å². The lowest BCUT2D eigenvalue weighted by atomic mass is 10.1. The van der Waals surface area contributed by atoms with Crippen molar-refractivity contribution in [2.45, 2.75) is 13.0 Å². The first-order valence-corrected chi connectivity index (χ1v) is 6.74. The van der Waals surface area contributed by atoms with Crippen molar-refractivity contribution in [1.82, 2.24) is 0 Å². The third-order valence-electron chi connectivity index (χ3n) is 2.42. The number of aliphatic hydroxyl groups is 2. The first-order valence-electron chi connectivity index (χ1n) is 5.94. The Bertz CT molecular complexity index is 466. The topological polar surface area (TPSA) is 102 Å². The van der Waals surface area contributed by atoms with Gasteiger partial charge in [-0.25, -0.2) is 0 Å². The average Bonchev–Trinajstić information content (AvgIpc) is 2.38. The van der Waals surface area contributed by atoms with E-state index in [1.807, 2.05) is 0 Å². The summed E-state index contributed by atoms with van der Waals surface area (Å²) < 4.78 is 10.9. The molecule has 2 N–H and O–H groups in total. The Balaban J connectivity index is 2.92. The molecule has 0 spiro atoms. The molecule has 112 valence electrons. The molecular formula is C12H16BrNO6. The number of ether oxygens (including phenoxy) is 2. The predicted octanol–water partition coefficient (Wildman–Crippen LogP) is 1.80. The standard InChI is InChI=1S/C12H16BrNO6/c1-8(16)10-6-9(13)7-11(14(17)18)12(10)20-5-4-19-3-2-15/h6-8,15-16H,2-5H2,1H3/t8-/m0/s1. The molecule has 20 heavy (non-hydrogen) atoms. The highest BCUT2D eigenvalue weighted by molar-refractivity contribution is 9.10.